The molecule has 2 N–H and O–H groups in total. The number of hydrogen-bond donors (Lipinski definition) is 1. The van der Waals surface area contributed by atoms with E-state index in [1.807, 2.05) is 0 Å². The second-order valence-corrected chi connectivity index (χ2v) is 5.53. The minimum absolute atomic E-state index is 0.308. The van der Waals surface area contributed by atoms with E-state index in [0.717, 1.165) is 12.1 Å². The molecule has 0 spiro atoms. The van der Waals surface area contributed by atoms with Gasteiger partial charge in [-0.15, -0.1) is 0 Å². The molecule has 1 rings (SSSR count). The zero-order valence-electron chi connectivity index (χ0n) is 13.5. The molecular formula is C13H6F15NO. The van der Waals surface area contributed by atoms with Crippen LogP contribution in [0.5, 0.6) is 5.75 Å². The molecule has 2 nitrogen and oxygen atoms in total. The molecule has 0 aliphatic carbocycles. The third-order valence-electron chi connectivity index (χ3n) is 3.46. The molecule has 0 unspecified atom stereocenters. The normalized spacial score (nSPS) is 15.3. The van der Waals surface area contributed by atoms with E-state index in [-0.39, 0.29) is 0 Å². The number of ether oxygens (including phenoxy) is 1. The Morgan fingerprint density at radius 1 is 0.533 bits per heavy atom. The molecule has 17 heteroatoms. The van der Waals surface area contributed by atoms with Crippen molar-refractivity contribution in [1.29, 1.82) is 0 Å². The molecule has 0 saturated heterocycles. The molecule has 0 aliphatic heterocycles. The van der Waals surface area contributed by atoms with Gasteiger partial charge in [-0.1, -0.05) is 12.1 Å². The lowest BCUT2D eigenvalue weighted by Gasteiger charge is -2.41. The van der Waals surface area contributed by atoms with Crippen LogP contribution in [-0.4, -0.2) is 41.9 Å². The highest BCUT2D eigenvalue weighted by atomic mass is 19.4. The predicted molar refractivity (Wildman–Crippen MR) is 67.2 cm³/mol. The van der Waals surface area contributed by atoms with E-state index in [2.05, 4.69) is 4.74 Å². The van der Waals surface area contributed by atoms with Crippen LogP contribution in [-0.2, 0) is 0 Å². The fourth-order valence-electron chi connectivity index (χ4n) is 1.73. The minimum Gasteiger partial charge on any atom is -0.426 e. The van der Waals surface area contributed by atoms with Crippen LogP contribution < -0.4 is 10.5 Å². The molecule has 1 aromatic carbocycles. The Kier molecular flexibility index (Phi) is 5.93. The average Bonchev–Trinajstić information content (AvgIpc) is 2.54. The molecule has 174 valence electrons. The number of hydrogen-bond acceptors (Lipinski definition) is 2. The first-order valence-corrected chi connectivity index (χ1v) is 6.86. The van der Waals surface area contributed by atoms with Crippen molar-refractivity contribution in [3.63, 3.8) is 0 Å². The second-order valence-electron chi connectivity index (χ2n) is 5.53. The summed E-state index contributed by atoms with van der Waals surface area (Å²) < 4.78 is 198. The average molecular weight is 477 g/mol. The van der Waals surface area contributed by atoms with Crippen LogP contribution in [0.25, 0.3) is 0 Å². The number of anilines is 1. The summed E-state index contributed by atoms with van der Waals surface area (Å²) in [6.07, 6.45) is -14.5. The Bertz CT molecular complexity index is 770. The predicted octanol–water partition coefficient (Wildman–Crippen LogP) is 5.98. The van der Waals surface area contributed by atoms with Crippen molar-refractivity contribution in [3.05, 3.63) is 24.3 Å². The summed E-state index contributed by atoms with van der Waals surface area (Å²) in [5.41, 5.74) is 3.98. The van der Waals surface area contributed by atoms with E-state index in [9.17, 15) is 65.9 Å². The van der Waals surface area contributed by atoms with E-state index in [0.29, 0.717) is 12.1 Å². The van der Waals surface area contributed by atoms with Gasteiger partial charge in [-0.25, -0.2) is 0 Å². The fraction of sp³-hybridized carbons (Fsp3) is 0.538. The second kappa shape index (κ2) is 6.90. The molecule has 0 fully saturated rings. The van der Waals surface area contributed by atoms with Gasteiger partial charge >= 0.3 is 41.9 Å². The topological polar surface area (TPSA) is 35.2 Å². The first kappa shape index (κ1) is 25.8. The third-order valence-corrected chi connectivity index (χ3v) is 3.46. The highest BCUT2D eigenvalue weighted by molar-refractivity contribution is 5.52. The summed E-state index contributed by atoms with van der Waals surface area (Å²) in [7, 11) is 0. The Labute approximate surface area is 155 Å². The SMILES string of the molecule is Nc1ccccc1OC(F)(F)C(F)(F)C(F)(F)C(F)(F)C(F)(F)C(F)(F)C(F)(F)F. The van der Waals surface area contributed by atoms with Gasteiger partial charge < -0.3 is 10.5 Å². The highest BCUT2D eigenvalue weighted by Crippen LogP contribution is 2.62. The lowest BCUT2D eigenvalue weighted by Crippen LogP contribution is -2.73. The minimum atomic E-state index is -8.36. The smallest absolute Gasteiger partial charge is 0.426 e. The first-order valence-electron chi connectivity index (χ1n) is 6.86. The molecule has 0 bridgehead atoms. The number of nitrogens with two attached hydrogens (primary N) is 1. The number of alkyl halides is 15. The van der Waals surface area contributed by atoms with Gasteiger partial charge in [0.25, 0.3) is 0 Å². The molecule has 0 heterocycles. The number of rotatable bonds is 7. The van der Waals surface area contributed by atoms with Gasteiger partial charge in [0.05, 0.1) is 5.69 Å². The monoisotopic (exact) mass is 477 g/mol. The van der Waals surface area contributed by atoms with Crippen molar-refractivity contribution in [2.24, 2.45) is 0 Å². The van der Waals surface area contributed by atoms with Gasteiger partial charge in [-0.05, 0) is 12.1 Å². The molecule has 0 radical (unpaired) electrons. The fourth-order valence-corrected chi connectivity index (χ4v) is 1.73. The largest absolute Gasteiger partial charge is 0.471 e. The van der Waals surface area contributed by atoms with Gasteiger partial charge in [0.1, 0.15) is 5.75 Å². The molecule has 0 aliphatic rings. The van der Waals surface area contributed by atoms with Crippen molar-refractivity contribution in [3.8, 4) is 5.75 Å². The number of halogens is 15. The lowest BCUT2D eigenvalue weighted by molar-refractivity contribution is -0.465. The summed E-state index contributed by atoms with van der Waals surface area (Å²) in [5, 5.41) is 0. The summed E-state index contributed by atoms with van der Waals surface area (Å²) in [6, 6.07) is 2.64. The molecule has 1 aromatic rings. The van der Waals surface area contributed by atoms with Gasteiger partial charge in [0, 0.05) is 0 Å². The van der Waals surface area contributed by atoms with Crippen molar-refractivity contribution in [2.45, 2.75) is 41.9 Å². The van der Waals surface area contributed by atoms with Crippen molar-refractivity contribution >= 4 is 5.69 Å². The number of benzene rings is 1. The van der Waals surface area contributed by atoms with E-state index in [1.165, 1.54) is 0 Å². The zero-order valence-corrected chi connectivity index (χ0v) is 13.5. The van der Waals surface area contributed by atoms with Crippen LogP contribution in [0.15, 0.2) is 24.3 Å². The third kappa shape index (κ3) is 3.44. The zero-order chi connectivity index (χ0) is 24.2. The summed E-state index contributed by atoms with van der Waals surface area (Å²) in [5.74, 6) is -42.2. The van der Waals surface area contributed by atoms with Crippen LogP contribution in [0.1, 0.15) is 0 Å². The van der Waals surface area contributed by atoms with E-state index < -0.39 is 53.3 Å². The van der Waals surface area contributed by atoms with Crippen molar-refractivity contribution in [1.82, 2.24) is 0 Å². The van der Waals surface area contributed by atoms with Crippen LogP contribution in [0.2, 0.25) is 0 Å². The van der Waals surface area contributed by atoms with Crippen LogP contribution in [0, 0.1) is 0 Å². The Balaban J connectivity index is 3.53. The van der Waals surface area contributed by atoms with Crippen molar-refractivity contribution in [2.75, 3.05) is 5.73 Å². The van der Waals surface area contributed by atoms with E-state index >= 15 is 0 Å². The van der Waals surface area contributed by atoms with Gasteiger partial charge in [-0.2, -0.15) is 65.9 Å². The van der Waals surface area contributed by atoms with Gasteiger partial charge in [0.15, 0.2) is 0 Å². The molecule has 0 amide bonds. The maximum Gasteiger partial charge on any atom is 0.471 e. The maximum atomic E-state index is 13.5. The standard InChI is InChI=1S/C13H6F15NO/c14-7(15,8(16,17)10(20,21)12(24,25)26)9(18,19)11(22,23)13(27,28)30-6-4-2-1-3-5(6)29/h1-4H,29H2. The Hall–Kier alpha value is -2.23. The lowest BCUT2D eigenvalue weighted by atomic mass is 9.93. The van der Waals surface area contributed by atoms with Crippen LogP contribution in [0.3, 0.4) is 0 Å². The Morgan fingerprint density at radius 3 is 1.30 bits per heavy atom. The molecular weight excluding hydrogens is 471 g/mol. The summed E-state index contributed by atoms with van der Waals surface area (Å²) in [4.78, 5) is 0. The summed E-state index contributed by atoms with van der Waals surface area (Å²) in [6.45, 7) is 0. The number of nitrogen functional groups attached to an aromatic ring is 1. The van der Waals surface area contributed by atoms with Gasteiger partial charge in [0.2, 0.25) is 0 Å². The van der Waals surface area contributed by atoms with Crippen molar-refractivity contribution < 1.29 is 70.6 Å². The van der Waals surface area contributed by atoms with E-state index in [1.54, 1.807) is 0 Å². The highest BCUT2D eigenvalue weighted by Gasteiger charge is 2.94. The molecule has 0 saturated carbocycles. The molecule has 0 atom stereocenters. The molecule has 0 aromatic heterocycles. The number of para-hydroxylation sites is 2. The van der Waals surface area contributed by atoms with Crippen LogP contribution >= 0.6 is 0 Å². The summed E-state index contributed by atoms with van der Waals surface area (Å²) >= 11 is 0. The maximum absolute atomic E-state index is 13.5. The quantitative estimate of drug-likeness (QED) is 0.388. The Morgan fingerprint density at radius 2 is 0.900 bits per heavy atom. The van der Waals surface area contributed by atoms with Crippen LogP contribution in [0.4, 0.5) is 71.5 Å². The van der Waals surface area contributed by atoms with Gasteiger partial charge in [-0.3, -0.25) is 0 Å². The molecule has 30 heavy (non-hydrogen) atoms. The first-order chi connectivity index (χ1) is 13.0. The van der Waals surface area contributed by atoms with E-state index in [4.69, 9.17) is 5.73 Å².